The number of rotatable bonds is 3. The second kappa shape index (κ2) is 5.68. The van der Waals surface area contributed by atoms with Crippen molar-refractivity contribution in [2.24, 2.45) is 0 Å². The van der Waals surface area contributed by atoms with Gasteiger partial charge in [-0.2, -0.15) is 0 Å². The first-order valence-electron chi connectivity index (χ1n) is 6.63. The first-order valence-corrected chi connectivity index (χ1v) is 7.01. The maximum Gasteiger partial charge on any atom is 0.0724 e. The summed E-state index contributed by atoms with van der Waals surface area (Å²) in [4.78, 5) is 4.62. The Morgan fingerprint density at radius 2 is 1.90 bits per heavy atom. The molecule has 0 aliphatic carbocycles. The molecular formula is C18H14ClNO. The molecule has 104 valence electrons. The molecule has 2 nitrogen and oxygen atoms in total. The van der Waals surface area contributed by atoms with Crippen LogP contribution in [0.1, 0.15) is 16.8 Å². The van der Waals surface area contributed by atoms with Gasteiger partial charge in [-0.25, -0.2) is 4.98 Å². The lowest BCUT2D eigenvalue weighted by molar-refractivity contribution is 0.282. The van der Waals surface area contributed by atoms with E-state index in [1.54, 1.807) is 0 Å². The highest BCUT2D eigenvalue weighted by Gasteiger charge is 2.06. The molecular weight excluding hydrogens is 282 g/mol. The van der Waals surface area contributed by atoms with Crippen molar-refractivity contribution in [3.05, 3.63) is 83.0 Å². The van der Waals surface area contributed by atoms with Crippen molar-refractivity contribution in [3.63, 3.8) is 0 Å². The predicted molar refractivity (Wildman–Crippen MR) is 87.3 cm³/mol. The highest BCUT2D eigenvalue weighted by atomic mass is 35.5. The van der Waals surface area contributed by atoms with Crippen LogP contribution >= 0.6 is 11.6 Å². The maximum absolute atomic E-state index is 9.23. The van der Waals surface area contributed by atoms with Crippen LogP contribution < -0.4 is 0 Å². The minimum Gasteiger partial charge on any atom is -0.392 e. The number of nitrogens with zero attached hydrogens (tertiary/aromatic N) is 1. The third-order valence-electron chi connectivity index (χ3n) is 3.42. The second-order valence-electron chi connectivity index (χ2n) is 4.87. The largest absolute Gasteiger partial charge is 0.392 e. The summed E-state index contributed by atoms with van der Waals surface area (Å²) in [5.41, 5.74) is 4.29. The van der Waals surface area contributed by atoms with E-state index in [1.807, 2.05) is 54.6 Å². The zero-order valence-electron chi connectivity index (χ0n) is 11.4. The third kappa shape index (κ3) is 2.82. The Bertz CT molecular complexity index is 826. The van der Waals surface area contributed by atoms with Crippen LogP contribution in [0.3, 0.4) is 0 Å². The van der Waals surface area contributed by atoms with E-state index in [4.69, 9.17) is 11.6 Å². The lowest BCUT2D eigenvalue weighted by atomic mass is 10.0. The first-order chi connectivity index (χ1) is 10.2. The van der Waals surface area contributed by atoms with E-state index in [1.165, 1.54) is 0 Å². The standard InChI is InChI=1S/C18H14ClNO/c1-12(15-4-2-3-13(9-15)11-21)17-8-6-14-5-7-16(19)10-18(14)20-17/h2-10,21H,1,11H2. The Kier molecular flexibility index (Phi) is 3.74. The summed E-state index contributed by atoms with van der Waals surface area (Å²) in [5, 5.41) is 10.9. The van der Waals surface area contributed by atoms with E-state index >= 15 is 0 Å². The number of aliphatic hydroxyl groups excluding tert-OH is 1. The monoisotopic (exact) mass is 295 g/mol. The quantitative estimate of drug-likeness (QED) is 0.775. The molecule has 1 aromatic heterocycles. The number of hydrogen-bond acceptors (Lipinski definition) is 2. The Morgan fingerprint density at radius 1 is 1.10 bits per heavy atom. The summed E-state index contributed by atoms with van der Waals surface area (Å²) in [7, 11) is 0. The fourth-order valence-corrected chi connectivity index (χ4v) is 2.43. The van der Waals surface area contributed by atoms with Gasteiger partial charge in [0.15, 0.2) is 0 Å². The van der Waals surface area contributed by atoms with Crippen LogP contribution in [-0.2, 0) is 6.61 Å². The summed E-state index contributed by atoms with van der Waals surface area (Å²) in [5.74, 6) is 0. The molecule has 0 unspecified atom stereocenters. The van der Waals surface area contributed by atoms with Gasteiger partial charge in [0.05, 0.1) is 17.8 Å². The van der Waals surface area contributed by atoms with E-state index in [2.05, 4.69) is 11.6 Å². The van der Waals surface area contributed by atoms with Gasteiger partial charge in [0.2, 0.25) is 0 Å². The van der Waals surface area contributed by atoms with E-state index < -0.39 is 0 Å². The van der Waals surface area contributed by atoms with Gasteiger partial charge in [-0.15, -0.1) is 0 Å². The summed E-state index contributed by atoms with van der Waals surface area (Å²) in [6, 6.07) is 17.3. The van der Waals surface area contributed by atoms with Crippen LogP contribution in [0.2, 0.25) is 5.02 Å². The summed E-state index contributed by atoms with van der Waals surface area (Å²) < 4.78 is 0. The van der Waals surface area contributed by atoms with Gasteiger partial charge in [-0.05, 0) is 35.4 Å². The third-order valence-corrected chi connectivity index (χ3v) is 3.66. The number of hydrogen-bond donors (Lipinski definition) is 1. The molecule has 0 saturated carbocycles. The molecule has 0 aliphatic heterocycles. The van der Waals surface area contributed by atoms with Crippen molar-refractivity contribution in [1.82, 2.24) is 4.98 Å². The van der Waals surface area contributed by atoms with E-state index in [-0.39, 0.29) is 6.61 Å². The van der Waals surface area contributed by atoms with Crippen LogP contribution in [0.15, 0.2) is 61.2 Å². The molecule has 1 N–H and O–H groups in total. The lowest BCUT2D eigenvalue weighted by Crippen LogP contribution is -1.93. The average Bonchev–Trinajstić information content (AvgIpc) is 2.53. The van der Waals surface area contributed by atoms with Crippen molar-refractivity contribution >= 4 is 28.1 Å². The maximum atomic E-state index is 9.23. The molecule has 0 atom stereocenters. The molecule has 0 saturated heterocycles. The van der Waals surface area contributed by atoms with Gasteiger partial charge in [-0.3, -0.25) is 0 Å². The Morgan fingerprint density at radius 3 is 2.71 bits per heavy atom. The smallest absolute Gasteiger partial charge is 0.0724 e. The van der Waals surface area contributed by atoms with Crippen molar-refractivity contribution in [3.8, 4) is 0 Å². The summed E-state index contributed by atoms with van der Waals surface area (Å²) in [6.45, 7) is 4.14. The van der Waals surface area contributed by atoms with Gasteiger partial charge in [-0.1, -0.05) is 48.5 Å². The first kappa shape index (κ1) is 13.8. The minimum atomic E-state index is 0.0158. The molecule has 0 fully saturated rings. The molecule has 2 aromatic carbocycles. The highest BCUT2D eigenvalue weighted by molar-refractivity contribution is 6.31. The van der Waals surface area contributed by atoms with Crippen molar-refractivity contribution < 1.29 is 5.11 Å². The van der Waals surface area contributed by atoms with Gasteiger partial charge in [0.25, 0.3) is 0 Å². The van der Waals surface area contributed by atoms with E-state index in [9.17, 15) is 5.11 Å². The number of pyridine rings is 1. The molecule has 0 radical (unpaired) electrons. The molecule has 0 amide bonds. The molecule has 0 aliphatic rings. The molecule has 3 heteroatoms. The second-order valence-corrected chi connectivity index (χ2v) is 5.31. The van der Waals surface area contributed by atoms with E-state index in [0.717, 1.165) is 33.3 Å². The number of halogens is 1. The topological polar surface area (TPSA) is 33.1 Å². The molecule has 3 rings (SSSR count). The number of benzene rings is 2. The molecule has 0 bridgehead atoms. The lowest BCUT2D eigenvalue weighted by Gasteiger charge is -2.08. The van der Waals surface area contributed by atoms with Crippen LogP contribution in [0, 0.1) is 0 Å². The minimum absolute atomic E-state index is 0.0158. The van der Waals surface area contributed by atoms with Gasteiger partial charge < -0.3 is 5.11 Å². The fourth-order valence-electron chi connectivity index (χ4n) is 2.26. The van der Waals surface area contributed by atoms with Crippen LogP contribution in [0.25, 0.3) is 16.5 Å². The SMILES string of the molecule is C=C(c1cccc(CO)c1)c1ccc2ccc(Cl)cc2n1. The number of aromatic nitrogens is 1. The molecule has 3 aromatic rings. The zero-order valence-corrected chi connectivity index (χ0v) is 12.1. The van der Waals surface area contributed by atoms with Gasteiger partial charge in [0, 0.05) is 16.0 Å². The summed E-state index contributed by atoms with van der Waals surface area (Å²) in [6.07, 6.45) is 0. The van der Waals surface area contributed by atoms with E-state index in [0.29, 0.717) is 5.02 Å². The van der Waals surface area contributed by atoms with Gasteiger partial charge in [0.1, 0.15) is 0 Å². The summed E-state index contributed by atoms with van der Waals surface area (Å²) >= 11 is 6.02. The van der Waals surface area contributed by atoms with Crippen molar-refractivity contribution in [2.45, 2.75) is 6.61 Å². The fraction of sp³-hybridized carbons (Fsp3) is 0.0556. The Hall–Kier alpha value is -2.16. The van der Waals surface area contributed by atoms with Crippen LogP contribution in [-0.4, -0.2) is 10.1 Å². The molecule has 0 spiro atoms. The Labute approximate surface area is 128 Å². The number of aliphatic hydroxyl groups is 1. The normalized spacial score (nSPS) is 10.8. The van der Waals surface area contributed by atoms with Crippen molar-refractivity contribution in [1.29, 1.82) is 0 Å². The highest BCUT2D eigenvalue weighted by Crippen LogP contribution is 2.24. The van der Waals surface area contributed by atoms with Gasteiger partial charge >= 0.3 is 0 Å². The van der Waals surface area contributed by atoms with Crippen LogP contribution in [0.5, 0.6) is 0 Å². The predicted octanol–water partition coefficient (Wildman–Crippen LogP) is 4.44. The van der Waals surface area contributed by atoms with Crippen molar-refractivity contribution in [2.75, 3.05) is 0 Å². The number of fused-ring (bicyclic) bond motifs is 1. The molecule has 21 heavy (non-hydrogen) atoms. The average molecular weight is 296 g/mol. The molecule has 1 heterocycles. The zero-order chi connectivity index (χ0) is 14.8. The van der Waals surface area contributed by atoms with Crippen LogP contribution in [0.4, 0.5) is 0 Å². The Balaban J connectivity index is 2.04.